The Morgan fingerprint density at radius 2 is 1.63 bits per heavy atom. The topological polar surface area (TPSA) is 75.3 Å². The molecule has 30 heavy (non-hydrogen) atoms. The summed E-state index contributed by atoms with van der Waals surface area (Å²) < 4.78 is 29.2. The number of benzene rings is 3. The highest BCUT2D eigenvalue weighted by atomic mass is 127. The van der Waals surface area contributed by atoms with E-state index in [1.165, 1.54) is 18.2 Å². The number of anilines is 1. The molecule has 0 aliphatic carbocycles. The van der Waals surface area contributed by atoms with Crippen LogP contribution in [-0.4, -0.2) is 20.4 Å². The summed E-state index contributed by atoms with van der Waals surface area (Å²) in [5.74, 6) is -0.544. The first-order valence-corrected chi connectivity index (χ1v) is 12.1. The van der Waals surface area contributed by atoms with E-state index >= 15 is 0 Å². The van der Waals surface area contributed by atoms with Crippen LogP contribution in [0.25, 0.3) is 0 Å². The second-order valence-electron chi connectivity index (χ2n) is 6.43. The fourth-order valence-corrected chi connectivity index (χ4v) is 4.61. The maximum atomic E-state index is 13.0. The molecule has 5 nitrogen and oxygen atoms in total. The van der Waals surface area contributed by atoms with Gasteiger partial charge in [-0.15, -0.1) is 0 Å². The first kappa shape index (κ1) is 23.0. The molecule has 0 unspecified atom stereocenters. The van der Waals surface area contributed by atoms with Crippen molar-refractivity contribution in [3.63, 3.8) is 0 Å². The van der Waals surface area contributed by atoms with E-state index in [2.05, 4.69) is 32.6 Å². The molecule has 3 aromatic rings. The van der Waals surface area contributed by atoms with Crippen molar-refractivity contribution >= 4 is 67.4 Å². The average Bonchev–Trinajstić information content (AvgIpc) is 2.71. The van der Waals surface area contributed by atoms with Gasteiger partial charge in [0.05, 0.1) is 15.6 Å². The fourth-order valence-electron chi connectivity index (χ4n) is 2.72. The molecule has 2 N–H and O–H groups in total. The lowest BCUT2D eigenvalue weighted by Crippen LogP contribution is -2.45. The van der Waals surface area contributed by atoms with Crippen LogP contribution in [-0.2, 0) is 21.2 Å². The lowest BCUT2D eigenvalue weighted by Gasteiger charge is -2.19. The van der Waals surface area contributed by atoms with E-state index in [9.17, 15) is 13.2 Å². The maximum Gasteiger partial charge on any atom is 0.242 e. The molecule has 1 amide bonds. The molecule has 0 saturated carbocycles. The van der Waals surface area contributed by atoms with Gasteiger partial charge >= 0.3 is 0 Å². The Labute approximate surface area is 199 Å². The molecule has 0 spiro atoms. The third kappa shape index (κ3) is 6.18. The van der Waals surface area contributed by atoms with E-state index < -0.39 is 22.0 Å². The highest BCUT2D eigenvalue weighted by Gasteiger charge is 2.26. The van der Waals surface area contributed by atoms with Crippen LogP contribution < -0.4 is 10.0 Å². The van der Waals surface area contributed by atoms with Gasteiger partial charge in [0.25, 0.3) is 0 Å². The molecule has 3 rings (SSSR count). The van der Waals surface area contributed by atoms with Gasteiger partial charge in [0, 0.05) is 8.59 Å². The maximum absolute atomic E-state index is 13.0. The molecule has 0 saturated heterocycles. The van der Waals surface area contributed by atoms with Crippen LogP contribution >= 0.6 is 45.8 Å². The monoisotopic (exact) mass is 574 g/mol. The number of carbonyl (C=O) groups excluding carboxylic acids is 1. The van der Waals surface area contributed by atoms with Crippen LogP contribution in [0.4, 0.5) is 5.69 Å². The van der Waals surface area contributed by atoms with E-state index in [4.69, 9.17) is 23.2 Å². The lowest BCUT2D eigenvalue weighted by atomic mass is 10.1. The summed E-state index contributed by atoms with van der Waals surface area (Å²) in [5.41, 5.74) is 1.11. The number of amides is 1. The summed E-state index contributed by atoms with van der Waals surface area (Å²) in [7, 11) is -3.93. The van der Waals surface area contributed by atoms with Crippen LogP contribution in [0.1, 0.15) is 5.56 Å². The molecule has 0 fully saturated rings. The van der Waals surface area contributed by atoms with Crippen LogP contribution in [0.2, 0.25) is 10.0 Å². The second kappa shape index (κ2) is 10.1. The molecule has 0 radical (unpaired) electrons. The normalized spacial score (nSPS) is 12.4. The molecule has 3 aromatic carbocycles. The van der Waals surface area contributed by atoms with Gasteiger partial charge in [0.15, 0.2) is 0 Å². The van der Waals surface area contributed by atoms with Gasteiger partial charge in [-0.2, -0.15) is 4.72 Å². The van der Waals surface area contributed by atoms with Crippen molar-refractivity contribution in [3.05, 3.63) is 92.0 Å². The van der Waals surface area contributed by atoms with Gasteiger partial charge < -0.3 is 5.32 Å². The highest BCUT2D eigenvalue weighted by Crippen LogP contribution is 2.26. The van der Waals surface area contributed by atoms with Gasteiger partial charge in [-0.1, -0.05) is 53.5 Å². The number of sulfonamides is 1. The molecule has 0 bridgehead atoms. The summed E-state index contributed by atoms with van der Waals surface area (Å²) in [5, 5.41) is 3.37. The quantitative estimate of drug-likeness (QED) is 0.384. The third-order valence-electron chi connectivity index (χ3n) is 4.21. The largest absolute Gasteiger partial charge is 0.323 e. The minimum atomic E-state index is -3.93. The molecule has 0 aliphatic rings. The van der Waals surface area contributed by atoms with Crippen molar-refractivity contribution < 1.29 is 13.2 Å². The van der Waals surface area contributed by atoms with Crippen molar-refractivity contribution in [1.82, 2.24) is 4.72 Å². The first-order valence-electron chi connectivity index (χ1n) is 8.82. The number of nitrogens with one attached hydrogen (secondary N) is 2. The summed E-state index contributed by atoms with van der Waals surface area (Å²) in [4.78, 5) is 13.1. The Balaban J connectivity index is 1.88. The zero-order valence-electron chi connectivity index (χ0n) is 15.5. The first-order chi connectivity index (χ1) is 14.2. The smallest absolute Gasteiger partial charge is 0.242 e. The minimum Gasteiger partial charge on any atom is -0.323 e. The van der Waals surface area contributed by atoms with Crippen molar-refractivity contribution in [1.29, 1.82) is 0 Å². The van der Waals surface area contributed by atoms with Crippen LogP contribution in [0.15, 0.2) is 77.7 Å². The average molecular weight is 575 g/mol. The summed E-state index contributed by atoms with van der Waals surface area (Å²) in [6.07, 6.45) is 0.161. The lowest BCUT2D eigenvalue weighted by molar-refractivity contribution is -0.117. The standard InChI is InChI=1S/C21H17Cl2IN2O3S/c22-15-6-11-18(23)19(13-15)25-21(27)20(12-14-4-2-1-3-5-14)26-30(28,29)17-9-7-16(24)8-10-17/h1-11,13,20,26H,12H2,(H,25,27)/t20-/m1/s1. The second-order valence-corrected chi connectivity index (χ2v) is 10.2. The Hall–Kier alpha value is -1.65. The molecule has 0 aliphatic heterocycles. The molecule has 9 heteroatoms. The summed E-state index contributed by atoms with van der Waals surface area (Å²) >= 11 is 14.2. The molecular weight excluding hydrogens is 558 g/mol. The zero-order chi connectivity index (χ0) is 21.7. The molecule has 1 atom stereocenters. The van der Waals surface area contributed by atoms with Crippen molar-refractivity contribution in [2.75, 3.05) is 5.32 Å². The molecule has 156 valence electrons. The van der Waals surface area contributed by atoms with Gasteiger partial charge in [-0.3, -0.25) is 4.79 Å². The van der Waals surface area contributed by atoms with Gasteiger partial charge in [-0.25, -0.2) is 8.42 Å². The van der Waals surface area contributed by atoms with Gasteiger partial charge in [0.1, 0.15) is 6.04 Å². The fraction of sp³-hybridized carbons (Fsp3) is 0.0952. The van der Waals surface area contributed by atoms with Gasteiger partial charge in [-0.05, 0) is 77.0 Å². The SMILES string of the molecule is O=C(Nc1cc(Cl)ccc1Cl)[C@@H](Cc1ccccc1)NS(=O)(=O)c1ccc(I)cc1. The van der Waals surface area contributed by atoms with E-state index in [1.807, 2.05) is 30.3 Å². The zero-order valence-corrected chi connectivity index (χ0v) is 20.0. The Kier molecular flexibility index (Phi) is 7.75. The molecule has 0 heterocycles. The van der Waals surface area contributed by atoms with E-state index in [0.717, 1.165) is 9.13 Å². The van der Waals surface area contributed by atoms with Crippen molar-refractivity contribution in [2.24, 2.45) is 0 Å². The van der Waals surface area contributed by atoms with Crippen molar-refractivity contribution in [2.45, 2.75) is 17.4 Å². The van der Waals surface area contributed by atoms with Crippen molar-refractivity contribution in [3.8, 4) is 0 Å². The van der Waals surface area contributed by atoms with E-state index in [-0.39, 0.29) is 11.3 Å². The van der Waals surface area contributed by atoms with Crippen LogP contribution in [0.3, 0.4) is 0 Å². The highest BCUT2D eigenvalue weighted by molar-refractivity contribution is 14.1. The summed E-state index contributed by atoms with van der Waals surface area (Å²) in [6, 6.07) is 19.1. The third-order valence-corrected chi connectivity index (χ3v) is 6.98. The summed E-state index contributed by atoms with van der Waals surface area (Å²) in [6.45, 7) is 0. The number of hydrogen-bond donors (Lipinski definition) is 2. The Bertz CT molecular complexity index is 1140. The van der Waals surface area contributed by atoms with Gasteiger partial charge in [0.2, 0.25) is 15.9 Å². The number of halogens is 3. The van der Waals surface area contributed by atoms with E-state index in [1.54, 1.807) is 24.3 Å². The Morgan fingerprint density at radius 3 is 2.30 bits per heavy atom. The molecular formula is C21H17Cl2IN2O3S. The predicted molar refractivity (Wildman–Crippen MR) is 129 cm³/mol. The van der Waals surface area contributed by atoms with Crippen LogP contribution in [0, 0.1) is 3.57 Å². The number of carbonyl (C=O) groups is 1. The Morgan fingerprint density at radius 1 is 0.967 bits per heavy atom. The number of rotatable bonds is 7. The minimum absolute atomic E-state index is 0.0783. The van der Waals surface area contributed by atoms with Crippen LogP contribution in [0.5, 0.6) is 0 Å². The van der Waals surface area contributed by atoms with E-state index in [0.29, 0.717) is 15.7 Å². The number of hydrogen-bond acceptors (Lipinski definition) is 3. The predicted octanol–water partition coefficient (Wildman–Crippen LogP) is 5.13. The molecule has 0 aromatic heterocycles.